The first-order chi connectivity index (χ1) is 7.16. The van der Waals surface area contributed by atoms with Crippen LogP contribution in [0.5, 0.6) is 0 Å². The Morgan fingerprint density at radius 3 is 2.93 bits per heavy atom. The van der Waals surface area contributed by atoms with Crippen LogP contribution in [0.25, 0.3) is 0 Å². The standard InChI is InChI=1S/C11H18N2O2/c1-8-11(9(2)15-12-8)7-13-5-3-4-10(14)6-13/h10,14H,3-7H2,1-2H3/t10-/m0/s1. The van der Waals surface area contributed by atoms with Gasteiger partial charge in [-0.15, -0.1) is 0 Å². The maximum atomic E-state index is 9.57. The van der Waals surface area contributed by atoms with E-state index >= 15 is 0 Å². The Morgan fingerprint density at radius 1 is 1.53 bits per heavy atom. The summed E-state index contributed by atoms with van der Waals surface area (Å²) in [5.41, 5.74) is 2.14. The molecule has 1 atom stereocenters. The number of aromatic nitrogens is 1. The molecule has 4 nitrogen and oxygen atoms in total. The van der Waals surface area contributed by atoms with Crippen molar-refractivity contribution in [3.05, 3.63) is 17.0 Å². The molecular weight excluding hydrogens is 192 g/mol. The number of aliphatic hydroxyl groups is 1. The van der Waals surface area contributed by atoms with Crippen LogP contribution in [0, 0.1) is 13.8 Å². The fourth-order valence-corrected chi connectivity index (χ4v) is 2.13. The van der Waals surface area contributed by atoms with Crippen LogP contribution in [0.4, 0.5) is 0 Å². The van der Waals surface area contributed by atoms with E-state index in [2.05, 4.69) is 10.1 Å². The summed E-state index contributed by atoms with van der Waals surface area (Å²) >= 11 is 0. The van der Waals surface area contributed by atoms with Gasteiger partial charge in [-0.05, 0) is 33.2 Å². The molecule has 0 bridgehead atoms. The second kappa shape index (κ2) is 4.33. The zero-order chi connectivity index (χ0) is 10.8. The number of hydrogen-bond acceptors (Lipinski definition) is 4. The highest BCUT2D eigenvalue weighted by Crippen LogP contribution is 2.18. The van der Waals surface area contributed by atoms with Gasteiger partial charge in [0.15, 0.2) is 0 Å². The summed E-state index contributed by atoms with van der Waals surface area (Å²) in [6.45, 7) is 6.57. The van der Waals surface area contributed by atoms with E-state index in [9.17, 15) is 5.11 Å². The second-order valence-corrected chi connectivity index (χ2v) is 4.33. The monoisotopic (exact) mass is 210 g/mol. The largest absolute Gasteiger partial charge is 0.392 e. The highest BCUT2D eigenvalue weighted by atomic mass is 16.5. The highest BCUT2D eigenvalue weighted by molar-refractivity contribution is 5.20. The molecule has 1 aliphatic heterocycles. The third-order valence-corrected chi connectivity index (χ3v) is 3.04. The molecule has 0 radical (unpaired) electrons. The van der Waals surface area contributed by atoms with Crippen molar-refractivity contribution in [1.29, 1.82) is 0 Å². The van der Waals surface area contributed by atoms with Crippen LogP contribution in [-0.4, -0.2) is 34.4 Å². The molecule has 1 saturated heterocycles. The fraction of sp³-hybridized carbons (Fsp3) is 0.727. The van der Waals surface area contributed by atoms with Crippen molar-refractivity contribution in [3.8, 4) is 0 Å². The lowest BCUT2D eigenvalue weighted by atomic mass is 10.1. The van der Waals surface area contributed by atoms with Crippen LogP contribution in [0.3, 0.4) is 0 Å². The normalized spacial score (nSPS) is 23.3. The maximum absolute atomic E-state index is 9.57. The average Bonchev–Trinajstić information content (AvgIpc) is 2.50. The van der Waals surface area contributed by atoms with Crippen molar-refractivity contribution in [2.45, 2.75) is 39.3 Å². The third kappa shape index (κ3) is 2.38. The van der Waals surface area contributed by atoms with E-state index in [1.165, 1.54) is 5.56 Å². The Labute approximate surface area is 89.9 Å². The summed E-state index contributed by atoms with van der Waals surface area (Å²) in [7, 11) is 0. The predicted molar refractivity (Wildman–Crippen MR) is 56.5 cm³/mol. The molecule has 2 rings (SSSR count). The number of nitrogens with zero attached hydrogens (tertiary/aromatic N) is 2. The summed E-state index contributed by atoms with van der Waals surface area (Å²) in [5.74, 6) is 0.896. The summed E-state index contributed by atoms with van der Waals surface area (Å²) in [6, 6.07) is 0. The highest BCUT2D eigenvalue weighted by Gasteiger charge is 2.20. The lowest BCUT2D eigenvalue weighted by Crippen LogP contribution is -2.37. The molecule has 0 aliphatic carbocycles. The van der Waals surface area contributed by atoms with E-state index in [0.717, 1.165) is 43.9 Å². The number of aryl methyl sites for hydroxylation is 2. The molecule has 0 saturated carbocycles. The van der Waals surface area contributed by atoms with Crippen molar-refractivity contribution in [3.63, 3.8) is 0 Å². The zero-order valence-corrected chi connectivity index (χ0v) is 9.36. The molecule has 0 spiro atoms. The molecule has 84 valence electrons. The van der Waals surface area contributed by atoms with Gasteiger partial charge in [0.05, 0.1) is 11.8 Å². The van der Waals surface area contributed by atoms with E-state index in [-0.39, 0.29) is 6.10 Å². The molecule has 4 heteroatoms. The van der Waals surface area contributed by atoms with Crippen LogP contribution >= 0.6 is 0 Å². The van der Waals surface area contributed by atoms with Gasteiger partial charge < -0.3 is 9.63 Å². The van der Waals surface area contributed by atoms with E-state index in [1.54, 1.807) is 0 Å². The van der Waals surface area contributed by atoms with Crippen LogP contribution in [-0.2, 0) is 6.54 Å². The Bertz CT molecular complexity index is 316. The minimum absolute atomic E-state index is 0.167. The van der Waals surface area contributed by atoms with Crippen LogP contribution in [0.2, 0.25) is 0 Å². The second-order valence-electron chi connectivity index (χ2n) is 4.33. The van der Waals surface area contributed by atoms with Gasteiger partial charge in [0, 0.05) is 18.7 Å². The smallest absolute Gasteiger partial charge is 0.138 e. The Balaban J connectivity index is 2.02. The molecule has 1 N–H and O–H groups in total. The number of likely N-dealkylation sites (tertiary alicyclic amines) is 1. The minimum atomic E-state index is -0.167. The van der Waals surface area contributed by atoms with Gasteiger partial charge in [-0.25, -0.2) is 0 Å². The van der Waals surface area contributed by atoms with Gasteiger partial charge in [0.2, 0.25) is 0 Å². The van der Waals surface area contributed by atoms with E-state index in [0.29, 0.717) is 0 Å². The first-order valence-electron chi connectivity index (χ1n) is 5.49. The Morgan fingerprint density at radius 2 is 2.33 bits per heavy atom. The van der Waals surface area contributed by atoms with Crippen LogP contribution in [0.15, 0.2) is 4.52 Å². The summed E-state index contributed by atoms with van der Waals surface area (Å²) in [4.78, 5) is 2.26. The molecule has 1 aromatic rings. The zero-order valence-electron chi connectivity index (χ0n) is 9.36. The molecule has 15 heavy (non-hydrogen) atoms. The van der Waals surface area contributed by atoms with E-state index < -0.39 is 0 Å². The molecule has 1 aliphatic rings. The van der Waals surface area contributed by atoms with Gasteiger partial charge in [0.1, 0.15) is 5.76 Å². The third-order valence-electron chi connectivity index (χ3n) is 3.04. The molecule has 1 fully saturated rings. The SMILES string of the molecule is Cc1noc(C)c1CN1CCC[C@H](O)C1. The van der Waals surface area contributed by atoms with Crippen molar-refractivity contribution < 1.29 is 9.63 Å². The molecule has 0 unspecified atom stereocenters. The van der Waals surface area contributed by atoms with Crippen molar-refractivity contribution in [2.24, 2.45) is 0 Å². The summed E-state index contributed by atoms with van der Waals surface area (Å²) in [5, 5.41) is 13.5. The fourth-order valence-electron chi connectivity index (χ4n) is 2.13. The quantitative estimate of drug-likeness (QED) is 0.798. The molecule has 1 aromatic heterocycles. The number of piperidine rings is 1. The van der Waals surface area contributed by atoms with Crippen molar-refractivity contribution in [2.75, 3.05) is 13.1 Å². The summed E-state index contributed by atoms with van der Waals surface area (Å²) < 4.78 is 5.12. The first kappa shape index (κ1) is 10.6. The van der Waals surface area contributed by atoms with Gasteiger partial charge in [-0.3, -0.25) is 4.90 Å². The average molecular weight is 210 g/mol. The van der Waals surface area contributed by atoms with Gasteiger partial charge in [0.25, 0.3) is 0 Å². The van der Waals surface area contributed by atoms with E-state index in [1.807, 2.05) is 13.8 Å². The Kier molecular flexibility index (Phi) is 3.07. The molecule has 0 amide bonds. The number of hydrogen-bond donors (Lipinski definition) is 1. The molecule has 0 aromatic carbocycles. The first-order valence-corrected chi connectivity index (χ1v) is 5.49. The van der Waals surface area contributed by atoms with Gasteiger partial charge in [-0.1, -0.05) is 5.16 Å². The van der Waals surface area contributed by atoms with Gasteiger partial charge in [-0.2, -0.15) is 0 Å². The van der Waals surface area contributed by atoms with Gasteiger partial charge >= 0.3 is 0 Å². The molecular formula is C11H18N2O2. The van der Waals surface area contributed by atoms with E-state index in [4.69, 9.17) is 4.52 Å². The van der Waals surface area contributed by atoms with Crippen LogP contribution < -0.4 is 0 Å². The lowest BCUT2D eigenvalue weighted by molar-refractivity contribution is 0.0665. The number of aliphatic hydroxyl groups excluding tert-OH is 1. The lowest BCUT2D eigenvalue weighted by Gasteiger charge is -2.29. The number of rotatable bonds is 2. The minimum Gasteiger partial charge on any atom is -0.392 e. The van der Waals surface area contributed by atoms with Crippen LogP contribution in [0.1, 0.15) is 29.9 Å². The topological polar surface area (TPSA) is 49.5 Å². The van der Waals surface area contributed by atoms with Crippen molar-refractivity contribution in [1.82, 2.24) is 10.1 Å². The number of β-amino-alcohol motifs (C(OH)–C–C–N with tert-alkyl or cyclic N) is 1. The van der Waals surface area contributed by atoms with Crippen molar-refractivity contribution >= 4 is 0 Å². The summed E-state index contributed by atoms with van der Waals surface area (Å²) in [6.07, 6.45) is 1.84. The maximum Gasteiger partial charge on any atom is 0.138 e. The molecule has 2 heterocycles. The predicted octanol–water partition coefficient (Wildman–Crippen LogP) is 1.25. The Hall–Kier alpha value is -0.870.